The fourth-order valence-electron chi connectivity index (χ4n) is 2.45. The minimum Gasteiger partial charge on any atom is -0.484 e. The standard InChI is InChI=1S/C20H24FN3O3/c1-24(2)18(15-8-10-16(21)11-9-15)12-22-19(25)13-23-20(26)14-27-17-6-4-3-5-7-17/h3-11,18H,12-14H2,1-2H3,(H,22,25)(H,23,26). The van der Waals surface area contributed by atoms with Crippen molar-refractivity contribution in [2.24, 2.45) is 0 Å². The largest absolute Gasteiger partial charge is 0.484 e. The lowest BCUT2D eigenvalue weighted by atomic mass is 10.1. The fourth-order valence-corrected chi connectivity index (χ4v) is 2.45. The predicted molar refractivity (Wildman–Crippen MR) is 101 cm³/mol. The lowest BCUT2D eigenvalue weighted by molar-refractivity contribution is -0.127. The Morgan fingerprint density at radius 2 is 1.67 bits per heavy atom. The van der Waals surface area contributed by atoms with Crippen LogP contribution < -0.4 is 15.4 Å². The van der Waals surface area contributed by atoms with Crippen molar-refractivity contribution in [3.8, 4) is 5.75 Å². The van der Waals surface area contributed by atoms with Crippen LogP contribution in [0.3, 0.4) is 0 Å². The summed E-state index contributed by atoms with van der Waals surface area (Å²) in [5, 5.41) is 5.29. The number of amides is 2. The van der Waals surface area contributed by atoms with Crippen molar-refractivity contribution in [2.45, 2.75) is 6.04 Å². The van der Waals surface area contributed by atoms with E-state index in [4.69, 9.17) is 4.74 Å². The van der Waals surface area contributed by atoms with E-state index in [-0.39, 0.29) is 36.8 Å². The van der Waals surface area contributed by atoms with Crippen molar-refractivity contribution in [2.75, 3.05) is 33.8 Å². The monoisotopic (exact) mass is 373 g/mol. The molecule has 2 rings (SSSR count). The number of ether oxygens (including phenoxy) is 1. The number of rotatable bonds is 9. The average Bonchev–Trinajstić information content (AvgIpc) is 2.67. The molecule has 2 aromatic carbocycles. The second-order valence-corrected chi connectivity index (χ2v) is 6.21. The quantitative estimate of drug-likeness (QED) is 0.703. The van der Waals surface area contributed by atoms with Crippen LogP contribution in [0.5, 0.6) is 5.75 Å². The SMILES string of the molecule is CN(C)C(CNC(=O)CNC(=O)COc1ccccc1)c1ccc(F)cc1. The van der Waals surface area contributed by atoms with Crippen LogP contribution in [0.15, 0.2) is 54.6 Å². The number of carbonyl (C=O) groups is 2. The van der Waals surface area contributed by atoms with Gasteiger partial charge in [0.05, 0.1) is 12.6 Å². The third kappa shape index (κ3) is 7.07. The van der Waals surface area contributed by atoms with Gasteiger partial charge in [-0.15, -0.1) is 0 Å². The van der Waals surface area contributed by atoms with Gasteiger partial charge >= 0.3 is 0 Å². The number of para-hydroxylation sites is 1. The van der Waals surface area contributed by atoms with Gasteiger partial charge < -0.3 is 20.3 Å². The first-order valence-corrected chi connectivity index (χ1v) is 8.59. The first-order valence-electron chi connectivity index (χ1n) is 8.59. The summed E-state index contributed by atoms with van der Waals surface area (Å²) in [6.07, 6.45) is 0. The second kappa shape index (κ2) is 10.3. The molecule has 0 heterocycles. The first kappa shape index (κ1) is 20.4. The van der Waals surface area contributed by atoms with Crippen LogP contribution in [0.1, 0.15) is 11.6 Å². The zero-order valence-electron chi connectivity index (χ0n) is 15.4. The van der Waals surface area contributed by atoms with E-state index < -0.39 is 0 Å². The predicted octanol–water partition coefficient (Wildman–Crippen LogP) is 1.74. The van der Waals surface area contributed by atoms with Crippen LogP contribution in [-0.2, 0) is 9.59 Å². The summed E-state index contributed by atoms with van der Waals surface area (Å²) >= 11 is 0. The number of hydrogen-bond acceptors (Lipinski definition) is 4. The molecule has 27 heavy (non-hydrogen) atoms. The normalized spacial score (nSPS) is 11.7. The van der Waals surface area contributed by atoms with E-state index in [1.807, 2.05) is 37.2 Å². The Bertz CT molecular complexity index is 736. The van der Waals surface area contributed by atoms with Gasteiger partial charge in [-0.2, -0.15) is 0 Å². The van der Waals surface area contributed by atoms with Gasteiger partial charge in [-0.3, -0.25) is 9.59 Å². The van der Waals surface area contributed by atoms with E-state index in [1.165, 1.54) is 12.1 Å². The molecule has 2 N–H and O–H groups in total. The third-order valence-corrected chi connectivity index (χ3v) is 3.93. The van der Waals surface area contributed by atoms with Crippen LogP contribution in [-0.4, -0.2) is 50.5 Å². The average molecular weight is 373 g/mol. The van der Waals surface area contributed by atoms with Crippen LogP contribution in [0.25, 0.3) is 0 Å². The zero-order valence-corrected chi connectivity index (χ0v) is 15.4. The molecule has 0 aliphatic carbocycles. The molecule has 0 aliphatic rings. The maximum atomic E-state index is 13.1. The van der Waals surface area contributed by atoms with Gasteiger partial charge in [0.25, 0.3) is 5.91 Å². The van der Waals surface area contributed by atoms with Gasteiger partial charge in [-0.05, 0) is 43.9 Å². The smallest absolute Gasteiger partial charge is 0.258 e. The van der Waals surface area contributed by atoms with E-state index >= 15 is 0 Å². The van der Waals surface area contributed by atoms with Crippen molar-refractivity contribution in [3.63, 3.8) is 0 Å². The molecule has 0 bridgehead atoms. The Morgan fingerprint density at radius 3 is 2.30 bits per heavy atom. The Labute approximate surface area is 158 Å². The molecule has 0 aromatic heterocycles. The molecule has 7 heteroatoms. The number of carbonyl (C=O) groups excluding carboxylic acids is 2. The number of benzene rings is 2. The van der Waals surface area contributed by atoms with Crippen LogP contribution in [0, 0.1) is 5.82 Å². The Balaban J connectivity index is 1.73. The summed E-state index contributed by atoms with van der Waals surface area (Å²) in [6.45, 7) is 0.0433. The van der Waals surface area contributed by atoms with Gasteiger partial charge in [-0.25, -0.2) is 4.39 Å². The summed E-state index contributed by atoms with van der Waals surface area (Å²) < 4.78 is 18.4. The lowest BCUT2D eigenvalue weighted by Crippen LogP contribution is -2.41. The van der Waals surface area contributed by atoms with E-state index in [9.17, 15) is 14.0 Å². The van der Waals surface area contributed by atoms with Crippen LogP contribution in [0.2, 0.25) is 0 Å². The Kier molecular flexibility index (Phi) is 7.76. The zero-order chi connectivity index (χ0) is 19.6. The van der Waals surface area contributed by atoms with Gasteiger partial charge in [0.2, 0.25) is 5.91 Å². The minimum atomic E-state index is -0.378. The molecule has 0 saturated carbocycles. The molecule has 2 amide bonds. The molecule has 0 aliphatic heterocycles. The molecule has 0 spiro atoms. The van der Waals surface area contributed by atoms with E-state index in [0.29, 0.717) is 12.3 Å². The molecular formula is C20H24FN3O3. The van der Waals surface area contributed by atoms with Gasteiger partial charge in [0, 0.05) is 6.54 Å². The van der Waals surface area contributed by atoms with E-state index in [1.54, 1.807) is 24.3 Å². The molecule has 144 valence electrons. The number of hydrogen-bond donors (Lipinski definition) is 2. The first-order chi connectivity index (χ1) is 13.0. The summed E-state index contributed by atoms with van der Waals surface area (Å²) in [5.74, 6) is -0.403. The molecule has 1 atom stereocenters. The van der Waals surface area contributed by atoms with Crippen molar-refractivity contribution in [3.05, 3.63) is 66.0 Å². The summed E-state index contributed by atoms with van der Waals surface area (Å²) in [6, 6.07) is 15.0. The Morgan fingerprint density at radius 1 is 1.00 bits per heavy atom. The molecule has 2 aromatic rings. The third-order valence-electron chi connectivity index (χ3n) is 3.93. The number of halogens is 1. The number of likely N-dealkylation sites (N-methyl/N-ethyl adjacent to an activating group) is 1. The maximum absolute atomic E-state index is 13.1. The summed E-state index contributed by atoms with van der Waals surface area (Å²) in [5.41, 5.74) is 0.891. The summed E-state index contributed by atoms with van der Waals surface area (Å²) in [4.78, 5) is 25.7. The molecule has 1 unspecified atom stereocenters. The van der Waals surface area contributed by atoms with Crippen LogP contribution >= 0.6 is 0 Å². The fraction of sp³-hybridized carbons (Fsp3) is 0.300. The van der Waals surface area contributed by atoms with E-state index in [0.717, 1.165) is 5.56 Å². The second-order valence-electron chi connectivity index (χ2n) is 6.21. The van der Waals surface area contributed by atoms with Crippen molar-refractivity contribution in [1.82, 2.24) is 15.5 Å². The highest BCUT2D eigenvalue weighted by Crippen LogP contribution is 2.17. The maximum Gasteiger partial charge on any atom is 0.258 e. The molecule has 6 nitrogen and oxygen atoms in total. The van der Waals surface area contributed by atoms with Crippen LogP contribution in [0.4, 0.5) is 4.39 Å². The highest BCUT2D eigenvalue weighted by atomic mass is 19.1. The van der Waals surface area contributed by atoms with Crippen molar-refractivity contribution < 1.29 is 18.7 Å². The number of nitrogens with zero attached hydrogens (tertiary/aromatic N) is 1. The molecule has 0 fully saturated rings. The van der Waals surface area contributed by atoms with Crippen molar-refractivity contribution >= 4 is 11.8 Å². The van der Waals surface area contributed by atoms with Gasteiger partial charge in [0.15, 0.2) is 6.61 Å². The lowest BCUT2D eigenvalue weighted by Gasteiger charge is -2.25. The van der Waals surface area contributed by atoms with E-state index in [2.05, 4.69) is 10.6 Å². The minimum absolute atomic E-state index is 0.105. The van der Waals surface area contributed by atoms with Crippen molar-refractivity contribution in [1.29, 1.82) is 0 Å². The molecule has 0 radical (unpaired) electrons. The number of nitrogens with one attached hydrogen (secondary N) is 2. The Hall–Kier alpha value is -2.93. The highest BCUT2D eigenvalue weighted by molar-refractivity contribution is 5.85. The summed E-state index contributed by atoms with van der Waals surface area (Å²) in [7, 11) is 3.76. The van der Waals surface area contributed by atoms with Gasteiger partial charge in [-0.1, -0.05) is 30.3 Å². The molecule has 0 saturated heterocycles. The molecular weight excluding hydrogens is 349 g/mol. The topological polar surface area (TPSA) is 70.7 Å². The van der Waals surface area contributed by atoms with Gasteiger partial charge in [0.1, 0.15) is 11.6 Å². The highest BCUT2D eigenvalue weighted by Gasteiger charge is 2.15.